The summed E-state index contributed by atoms with van der Waals surface area (Å²) >= 11 is 3.39. The summed E-state index contributed by atoms with van der Waals surface area (Å²) in [5.41, 5.74) is 0. The van der Waals surface area contributed by atoms with E-state index in [9.17, 15) is 0 Å². The predicted molar refractivity (Wildman–Crippen MR) is 76.0 cm³/mol. The van der Waals surface area contributed by atoms with Crippen molar-refractivity contribution in [3.8, 4) is 5.75 Å². The van der Waals surface area contributed by atoms with Gasteiger partial charge in [0.1, 0.15) is 12.4 Å². The van der Waals surface area contributed by atoms with Gasteiger partial charge in [0.05, 0.1) is 6.61 Å². The van der Waals surface area contributed by atoms with Gasteiger partial charge in [-0.15, -0.1) is 0 Å². The molecule has 0 aromatic heterocycles. The third-order valence-corrected chi connectivity index (χ3v) is 3.67. The standard InChI is InChI=1S/C14H20BrNO2/c15-13-1-3-14(4-2-13)18-10-9-17-8-6-12-5-7-16-11-12/h1-4,12,16H,5-11H2. The highest BCUT2D eigenvalue weighted by molar-refractivity contribution is 9.10. The van der Waals surface area contributed by atoms with E-state index < -0.39 is 0 Å². The SMILES string of the molecule is Brc1ccc(OCCOCCC2CCNC2)cc1. The zero-order chi connectivity index (χ0) is 12.6. The van der Waals surface area contributed by atoms with Crippen LogP contribution in [0, 0.1) is 5.92 Å². The Balaban J connectivity index is 1.49. The van der Waals surface area contributed by atoms with Crippen LogP contribution >= 0.6 is 15.9 Å². The molecule has 4 heteroatoms. The molecule has 100 valence electrons. The van der Waals surface area contributed by atoms with Crippen molar-refractivity contribution < 1.29 is 9.47 Å². The van der Waals surface area contributed by atoms with Gasteiger partial charge in [-0.2, -0.15) is 0 Å². The monoisotopic (exact) mass is 313 g/mol. The smallest absolute Gasteiger partial charge is 0.119 e. The van der Waals surface area contributed by atoms with E-state index in [-0.39, 0.29) is 0 Å². The van der Waals surface area contributed by atoms with Gasteiger partial charge < -0.3 is 14.8 Å². The van der Waals surface area contributed by atoms with Crippen LogP contribution < -0.4 is 10.1 Å². The van der Waals surface area contributed by atoms with Crippen LogP contribution in [-0.4, -0.2) is 32.9 Å². The van der Waals surface area contributed by atoms with E-state index in [4.69, 9.17) is 9.47 Å². The molecule has 1 fully saturated rings. The number of benzene rings is 1. The summed E-state index contributed by atoms with van der Waals surface area (Å²) in [6, 6.07) is 7.86. The number of rotatable bonds is 7. The quantitative estimate of drug-likeness (QED) is 0.785. The van der Waals surface area contributed by atoms with E-state index in [1.165, 1.54) is 6.42 Å². The maximum Gasteiger partial charge on any atom is 0.119 e. The molecule has 0 bridgehead atoms. The van der Waals surface area contributed by atoms with Crippen LogP contribution in [0.3, 0.4) is 0 Å². The Bertz CT molecular complexity index is 336. The van der Waals surface area contributed by atoms with Gasteiger partial charge in [0.25, 0.3) is 0 Å². The second kappa shape index (κ2) is 7.77. The maximum absolute atomic E-state index is 5.58. The molecule has 0 spiro atoms. The molecule has 1 aliphatic heterocycles. The van der Waals surface area contributed by atoms with Crippen molar-refractivity contribution in [2.45, 2.75) is 12.8 Å². The second-order valence-electron chi connectivity index (χ2n) is 4.56. The zero-order valence-electron chi connectivity index (χ0n) is 10.5. The number of hydrogen-bond donors (Lipinski definition) is 1. The minimum absolute atomic E-state index is 0.616. The molecule has 1 heterocycles. The molecule has 3 nitrogen and oxygen atoms in total. The highest BCUT2D eigenvalue weighted by Crippen LogP contribution is 2.16. The lowest BCUT2D eigenvalue weighted by Crippen LogP contribution is -2.12. The lowest BCUT2D eigenvalue weighted by molar-refractivity contribution is 0.0914. The molecule has 1 unspecified atom stereocenters. The number of hydrogen-bond acceptors (Lipinski definition) is 3. The van der Waals surface area contributed by atoms with Crippen LogP contribution in [0.25, 0.3) is 0 Å². The van der Waals surface area contributed by atoms with Crippen molar-refractivity contribution >= 4 is 15.9 Å². The summed E-state index contributed by atoms with van der Waals surface area (Å²) < 4.78 is 12.2. The third-order valence-electron chi connectivity index (χ3n) is 3.14. The van der Waals surface area contributed by atoms with Crippen LogP contribution in [0.4, 0.5) is 0 Å². The van der Waals surface area contributed by atoms with Gasteiger partial charge in [-0.1, -0.05) is 15.9 Å². The van der Waals surface area contributed by atoms with Crippen LogP contribution in [-0.2, 0) is 4.74 Å². The number of ether oxygens (including phenoxy) is 2. The van der Waals surface area contributed by atoms with Crippen LogP contribution in [0.2, 0.25) is 0 Å². The first-order valence-electron chi connectivity index (χ1n) is 6.51. The number of halogens is 1. The normalized spacial score (nSPS) is 19.1. The molecule has 1 aromatic carbocycles. The predicted octanol–water partition coefficient (Wildman–Crippen LogP) is 2.84. The van der Waals surface area contributed by atoms with Gasteiger partial charge in [0.15, 0.2) is 0 Å². The van der Waals surface area contributed by atoms with Gasteiger partial charge in [0, 0.05) is 11.1 Å². The molecular formula is C14H20BrNO2. The summed E-state index contributed by atoms with van der Waals surface area (Å²) in [6.45, 7) is 4.44. The topological polar surface area (TPSA) is 30.5 Å². The highest BCUT2D eigenvalue weighted by atomic mass is 79.9. The van der Waals surface area contributed by atoms with Gasteiger partial charge in [0.2, 0.25) is 0 Å². The third kappa shape index (κ3) is 4.96. The Labute approximate surface area is 117 Å². The largest absolute Gasteiger partial charge is 0.491 e. The van der Waals surface area contributed by atoms with Crippen molar-refractivity contribution in [3.05, 3.63) is 28.7 Å². The van der Waals surface area contributed by atoms with Crippen molar-refractivity contribution in [1.82, 2.24) is 5.32 Å². The molecule has 0 amide bonds. The Morgan fingerprint density at radius 3 is 2.72 bits per heavy atom. The first-order chi connectivity index (χ1) is 8.84. The van der Waals surface area contributed by atoms with Crippen LogP contribution in [0.15, 0.2) is 28.7 Å². The molecule has 1 N–H and O–H groups in total. The summed E-state index contributed by atoms with van der Waals surface area (Å²) in [4.78, 5) is 0. The van der Waals surface area contributed by atoms with Gasteiger partial charge in [-0.3, -0.25) is 0 Å². The highest BCUT2D eigenvalue weighted by Gasteiger charge is 2.13. The summed E-state index contributed by atoms with van der Waals surface area (Å²) in [5, 5.41) is 3.37. The fourth-order valence-electron chi connectivity index (χ4n) is 2.06. The first-order valence-corrected chi connectivity index (χ1v) is 7.31. The van der Waals surface area contributed by atoms with Gasteiger partial charge in [-0.25, -0.2) is 0 Å². The molecule has 0 radical (unpaired) electrons. The Morgan fingerprint density at radius 2 is 2.00 bits per heavy atom. The van der Waals surface area contributed by atoms with Crippen molar-refractivity contribution in [2.75, 3.05) is 32.9 Å². The fraction of sp³-hybridized carbons (Fsp3) is 0.571. The molecule has 1 aliphatic rings. The van der Waals surface area contributed by atoms with Gasteiger partial charge >= 0.3 is 0 Å². The van der Waals surface area contributed by atoms with E-state index in [0.717, 1.165) is 42.3 Å². The molecule has 1 aromatic rings. The molecule has 1 saturated heterocycles. The molecule has 1 atom stereocenters. The molecule has 2 rings (SSSR count). The van der Waals surface area contributed by atoms with E-state index >= 15 is 0 Å². The molecule has 18 heavy (non-hydrogen) atoms. The number of nitrogens with one attached hydrogen (secondary N) is 1. The molecule has 0 saturated carbocycles. The first kappa shape index (κ1) is 13.8. The van der Waals surface area contributed by atoms with Gasteiger partial charge in [-0.05, 0) is 56.1 Å². The zero-order valence-corrected chi connectivity index (χ0v) is 12.1. The van der Waals surface area contributed by atoms with E-state index in [0.29, 0.717) is 13.2 Å². The lowest BCUT2D eigenvalue weighted by atomic mass is 10.1. The molecule has 0 aliphatic carbocycles. The van der Waals surface area contributed by atoms with E-state index in [2.05, 4.69) is 21.2 Å². The van der Waals surface area contributed by atoms with E-state index in [1.807, 2.05) is 24.3 Å². The van der Waals surface area contributed by atoms with Crippen molar-refractivity contribution in [2.24, 2.45) is 5.92 Å². The van der Waals surface area contributed by atoms with Crippen molar-refractivity contribution in [1.29, 1.82) is 0 Å². The van der Waals surface area contributed by atoms with Crippen LogP contribution in [0.1, 0.15) is 12.8 Å². The average molecular weight is 314 g/mol. The second-order valence-corrected chi connectivity index (χ2v) is 5.48. The fourth-order valence-corrected chi connectivity index (χ4v) is 2.33. The maximum atomic E-state index is 5.58. The lowest BCUT2D eigenvalue weighted by Gasteiger charge is -2.09. The summed E-state index contributed by atoms with van der Waals surface area (Å²) in [7, 11) is 0. The van der Waals surface area contributed by atoms with E-state index in [1.54, 1.807) is 0 Å². The average Bonchev–Trinajstić information content (AvgIpc) is 2.89. The Morgan fingerprint density at radius 1 is 1.17 bits per heavy atom. The Hall–Kier alpha value is -0.580. The van der Waals surface area contributed by atoms with Crippen LogP contribution in [0.5, 0.6) is 5.75 Å². The minimum atomic E-state index is 0.616. The summed E-state index contributed by atoms with van der Waals surface area (Å²) in [5.74, 6) is 1.69. The van der Waals surface area contributed by atoms with Crippen molar-refractivity contribution in [3.63, 3.8) is 0 Å². The minimum Gasteiger partial charge on any atom is -0.491 e. The Kier molecular flexibility index (Phi) is 5.97. The summed E-state index contributed by atoms with van der Waals surface area (Å²) in [6.07, 6.45) is 2.45. The molecular weight excluding hydrogens is 294 g/mol.